The maximum atomic E-state index is 14.7. The van der Waals surface area contributed by atoms with Crippen molar-refractivity contribution in [3.8, 4) is 22.3 Å². The van der Waals surface area contributed by atoms with Gasteiger partial charge in [-0.3, -0.25) is 14.4 Å². The summed E-state index contributed by atoms with van der Waals surface area (Å²) in [6.45, 7) is 6.20. The smallest absolute Gasteiger partial charge is 0.254 e. The van der Waals surface area contributed by atoms with E-state index < -0.39 is 23.8 Å². The van der Waals surface area contributed by atoms with Crippen LogP contribution in [0.3, 0.4) is 0 Å². The molecule has 4 aromatic carbocycles. The van der Waals surface area contributed by atoms with Crippen LogP contribution in [0.4, 0.5) is 5.69 Å². The Hall–Kier alpha value is -4.97. The maximum Gasteiger partial charge on any atom is 0.254 e. The van der Waals surface area contributed by atoms with Crippen LogP contribution in [0.5, 0.6) is 0 Å². The number of amides is 3. The number of benzene rings is 4. The minimum atomic E-state index is -0.947. The fourth-order valence-corrected chi connectivity index (χ4v) is 6.87. The SMILES string of the molecule is C=CCC(C(N)=O)C(CC1CCC1)C(=O)NC1C(=O)N(Cc2cccc(-c3ccc(C)cc3)c2)c2ccccc2-c2ccccc21. The molecule has 234 valence electrons. The van der Waals surface area contributed by atoms with Crippen molar-refractivity contribution in [3.63, 3.8) is 0 Å². The van der Waals surface area contributed by atoms with Gasteiger partial charge >= 0.3 is 0 Å². The third kappa shape index (κ3) is 6.38. The Morgan fingerprint density at radius 3 is 2.33 bits per heavy atom. The highest BCUT2D eigenvalue weighted by Crippen LogP contribution is 2.42. The van der Waals surface area contributed by atoms with Crippen LogP contribution in [0, 0.1) is 24.7 Å². The number of hydrogen-bond acceptors (Lipinski definition) is 3. The number of carbonyl (C=O) groups excluding carboxylic acids is 3. The zero-order valence-corrected chi connectivity index (χ0v) is 26.3. The number of aryl methyl sites for hydroxylation is 1. The zero-order valence-electron chi connectivity index (χ0n) is 26.3. The number of hydrogen-bond donors (Lipinski definition) is 2. The van der Waals surface area contributed by atoms with Gasteiger partial charge in [0.2, 0.25) is 11.8 Å². The molecule has 0 radical (unpaired) electrons. The zero-order chi connectivity index (χ0) is 32.2. The van der Waals surface area contributed by atoms with E-state index in [0.29, 0.717) is 25.3 Å². The highest BCUT2D eigenvalue weighted by molar-refractivity contribution is 6.06. The summed E-state index contributed by atoms with van der Waals surface area (Å²) in [5.74, 6) is -2.04. The van der Waals surface area contributed by atoms with Gasteiger partial charge in [-0.25, -0.2) is 0 Å². The molecule has 3 amide bonds. The summed E-state index contributed by atoms with van der Waals surface area (Å²) in [6, 6.07) is 31.3. The molecule has 1 heterocycles. The summed E-state index contributed by atoms with van der Waals surface area (Å²) < 4.78 is 0. The van der Waals surface area contributed by atoms with E-state index in [2.05, 4.69) is 55.2 Å². The van der Waals surface area contributed by atoms with E-state index in [1.165, 1.54) is 5.56 Å². The molecule has 2 aliphatic rings. The Morgan fingerprint density at radius 2 is 1.63 bits per heavy atom. The highest BCUT2D eigenvalue weighted by Gasteiger charge is 2.40. The molecular weight excluding hydrogens is 570 g/mol. The summed E-state index contributed by atoms with van der Waals surface area (Å²) in [5.41, 5.74) is 13.5. The summed E-state index contributed by atoms with van der Waals surface area (Å²) in [7, 11) is 0. The first-order valence-electron chi connectivity index (χ1n) is 16.2. The van der Waals surface area contributed by atoms with Gasteiger partial charge in [-0.1, -0.05) is 116 Å². The number of nitrogens with two attached hydrogens (primary N) is 1. The first-order chi connectivity index (χ1) is 22.3. The van der Waals surface area contributed by atoms with Crippen LogP contribution in [-0.4, -0.2) is 17.7 Å². The van der Waals surface area contributed by atoms with Crippen molar-refractivity contribution in [2.24, 2.45) is 23.5 Å². The van der Waals surface area contributed by atoms with Crippen molar-refractivity contribution in [2.45, 2.75) is 51.6 Å². The van der Waals surface area contributed by atoms with Crippen molar-refractivity contribution < 1.29 is 14.4 Å². The van der Waals surface area contributed by atoms with Crippen molar-refractivity contribution >= 4 is 23.4 Å². The van der Waals surface area contributed by atoms with Crippen LogP contribution in [-0.2, 0) is 20.9 Å². The van der Waals surface area contributed by atoms with Crippen LogP contribution in [0.2, 0.25) is 0 Å². The van der Waals surface area contributed by atoms with E-state index in [0.717, 1.165) is 58.3 Å². The topological polar surface area (TPSA) is 92.5 Å². The van der Waals surface area contributed by atoms with Crippen molar-refractivity contribution in [1.29, 1.82) is 0 Å². The average Bonchev–Trinajstić information content (AvgIpc) is 3.13. The standard InChI is InChI=1S/C40H41N3O3/c1-3-10-34(38(41)44)35(24-27-11-8-12-27)39(45)42-37-33-17-5-4-15-31(33)32-16-6-7-18-36(32)43(40(37)46)25-28-13-9-14-30(23-28)29-21-19-26(2)20-22-29/h3-7,9,13-23,27,34-35,37H,1,8,10-12,24-25H2,2H3,(H2,41,44)(H,42,45). The third-order valence-electron chi connectivity index (χ3n) is 9.63. The Balaban J connectivity index is 1.38. The van der Waals surface area contributed by atoms with E-state index >= 15 is 0 Å². The largest absolute Gasteiger partial charge is 0.369 e. The number of nitrogens with zero attached hydrogens (tertiary/aromatic N) is 1. The molecular formula is C40H41N3O3. The summed E-state index contributed by atoms with van der Waals surface area (Å²) >= 11 is 0. The van der Waals surface area contributed by atoms with E-state index in [-0.39, 0.29) is 11.8 Å². The lowest BCUT2D eigenvalue weighted by Gasteiger charge is -2.33. The Labute approximate surface area is 271 Å². The summed E-state index contributed by atoms with van der Waals surface area (Å²) in [6.07, 6.45) is 5.69. The number of fused-ring (bicyclic) bond motifs is 3. The summed E-state index contributed by atoms with van der Waals surface area (Å²) in [4.78, 5) is 43.3. The quantitative estimate of drug-likeness (QED) is 0.172. The van der Waals surface area contributed by atoms with Gasteiger partial charge in [-0.05, 0) is 65.6 Å². The van der Waals surface area contributed by atoms with Gasteiger partial charge in [-0.2, -0.15) is 0 Å². The number of rotatable bonds is 11. The normalized spacial score (nSPS) is 17.1. The molecule has 6 heteroatoms. The predicted octanol–water partition coefficient (Wildman–Crippen LogP) is 7.52. The number of allylic oxidation sites excluding steroid dienone is 1. The lowest BCUT2D eigenvalue weighted by Crippen LogP contribution is -2.47. The Kier molecular flexibility index (Phi) is 9.16. The molecule has 46 heavy (non-hydrogen) atoms. The maximum absolute atomic E-state index is 14.7. The fraction of sp³-hybridized carbons (Fsp3) is 0.275. The second-order valence-corrected chi connectivity index (χ2v) is 12.7. The Morgan fingerprint density at radius 1 is 0.913 bits per heavy atom. The monoisotopic (exact) mass is 611 g/mol. The molecule has 0 spiro atoms. The molecule has 6 nitrogen and oxygen atoms in total. The molecule has 0 saturated heterocycles. The van der Waals surface area contributed by atoms with Crippen LogP contribution in [0.25, 0.3) is 22.3 Å². The van der Waals surface area contributed by atoms with Crippen molar-refractivity contribution in [1.82, 2.24) is 5.32 Å². The van der Waals surface area contributed by atoms with Crippen LogP contribution >= 0.6 is 0 Å². The third-order valence-corrected chi connectivity index (χ3v) is 9.63. The number of para-hydroxylation sites is 1. The molecule has 1 aliphatic heterocycles. The molecule has 3 N–H and O–H groups in total. The lowest BCUT2D eigenvalue weighted by atomic mass is 9.74. The van der Waals surface area contributed by atoms with E-state index in [9.17, 15) is 14.4 Å². The van der Waals surface area contributed by atoms with Gasteiger partial charge in [0.15, 0.2) is 0 Å². The van der Waals surface area contributed by atoms with Crippen molar-refractivity contribution in [2.75, 3.05) is 4.90 Å². The van der Waals surface area contributed by atoms with Gasteiger partial charge in [0.1, 0.15) is 6.04 Å². The van der Waals surface area contributed by atoms with Crippen LogP contribution in [0.15, 0.2) is 110 Å². The Bertz CT molecular complexity index is 1760. The highest BCUT2D eigenvalue weighted by atomic mass is 16.2. The molecule has 0 aromatic heterocycles. The molecule has 3 unspecified atom stereocenters. The molecule has 1 aliphatic carbocycles. The molecule has 1 fully saturated rings. The lowest BCUT2D eigenvalue weighted by molar-refractivity contribution is -0.136. The number of nitrogens with one attached hydrogen (secondary N) is 1. The van der Waals surface area contributed by atoms with E-state index in [1.807, 2.05) is 60.7 Å². The van der Waals surface area contributed by atoms with Crippen LogP contribution < -0.4 is 16.0 Å². The van der Waals surface area contributed by atoms with Gasteiger partial charge in [0, 0.05) is 5.56 Å². The summed E-state index contributed by atoms with van der Waals surface area (Å²) in [5, 5.41) is 3.13. The molecule has 6 rings (SSSR count). The van der Waals surface area contributed by atoms with Gasteiger partial charge in [-0.15, -0.1) is 6.58 Å². The van der Waals surface area contributed by atoms with Gasteiger partial charge in [0.05, 0.1) is 24.1 Å². The first kappa shape index (κ1) is 31.0. The molecule has 4 aromatic rings. The molecule has 0 bridgehead atoms. The number of carbonyl (C=O) groups is 3. The van der Waals surface area contributed by atoms with Crippen LogP contribution in [0.1, 0.15) is 54.8 Å². The van der Waals surface area contributed by atoms with E-state index in [1.54, 1.807) is 11.0 Å². The molecule has 3 atom stereocenters. The predicted molar refractivity (Wildman–Crippen MR) is 184 cm³/mol. The van der Waals surface area contributed by atoms with Gasteiger partial charge < -0.3 is 16.0 Å². The minimum Gasteiger partial charge on any atom is -0.369 e. The second-order valence-electron chi connectivity index (χ2n) is 12.7. The molecule has 1 saturated carbocycles. The average molecular weight is 612 g/mol. The fourth-order valence-electron chi connectivity index (χ4n) is 6.87. The first-order valence-corrected chi connectivity index (χ1v) is 16.2. The second kappa shape index (κ2) is 13.6. The number of primary amides is 1. The van der Waals surface area contributed by atoms with Crippen molar-refractivity contribution in [3.05, 3.63) is 126 Å². The number of anilines is 1. The van der Waals surface area contributed by atoms with Gasteiger partial charge in [0.25, 0.3) is 5.91 Å². The van der Waals surface area contributed by atoms with E-state index in [4.69, 9.17) is 5.73 Å². The minimum absolute atomic E-state index is 0.228.